The first-order chi connectivity index (χ1) is 9.58. The van der Waals surface area contributed by atoms with E-state index >= 15 is 0 Å². The van der Waals surface area contributed by atoms with Crippen LogP contribution in [0.5, 0.6) is 5.75 Å². The van der Waals surface area contributed by atoms with E-state index in [2.05, 4.69) is 5.32 Å². The van der Waals surface area contributed by atoms with Gasteiger partial charge in [-0.05, 0) is 25.0 Å². The number of rotatable bonds is 7. The summed E-state index contributed by atoms with van der Waals surface area (Å²) in [6, 6.07) is 7.21. The molecule has 1 rings (SSSR count). The summed E-state index contributed by atoms with van der Waals surface area (Å²) in [7, 11) is 1.60. The van der Waals surface area contributed by atoms with E-state index in [0.717, 1.165) is 11.3 Å². The third-order valence-corrected chi connectivity index (χ3v) is 2.86. The third-order valence-electron chi connectivity index (χ3n) is 2.86. The number of nitrogens with zero attached hydrogens (tertiary/aromatic N) is 1. The van der Waals surface area contributed by atoms with Crippen molar-refractivity contribution in [1.82, 2.24) is 10.2 Å². The van der Waals surface area contributed by atoms with Crippen molar-refractivity contribution in [1.29, 1.82) is 0 Å². The standard InChI is InChI=1S/C14H20N2O4/c1-3-16(10-13(17)18)14(19)15-9-8-11-6-4-5-7-12(11)20-2/h4-7H,3,8-10H2,1-2H3,(H,15,19)(H,17,18). The Hall–Kier alpha value is -2.24. The second-order valence-electron chi connectivity index (χ2n) is 4.20. The fourth-order valence-electron chi connectivity index (χ4n) is 1.82. The molecular weight excluding hydrogens is 260 g/mol. The predicted molar refractivity (Wildman–Crippen MR) is 75.0 cm³/mol. The quantitative estimate of drug-likeness (QED) is 0.790. The highest BCUT2D eigenvalue weighted by Crippen LogP contribution is 2.17. The molecular formula is C14H20N2O4. The van der Waals surface area contributed by atoms with Gasteiger partial charge >= 0.3 is 12.0 Å². The summed E-state index contributed by atoms with van der Waals surface area (Å²) in [6.45, 7) is 2.22. The lowest BCUT2D eigenvalue weighted by Gasteiger charge is -2.19. The molecule has 110 valence electrons. The summed E-state index contributed by atoms with van der Waals surface area (Å²) in [4.78, 5) is 23.6. The zero-order chi connectivity index (χ0) is 15.0. The van der Waals surface area contributed by atoms with Crippen LogP contribution >= 0.6 is 0 Å². The van der Waals surface area contributed by atoms with Crippen LogP contribution in [0.4, 0.5) is 4.79 Å². The minimum absolute atomic E-state index is 0.295. The van der Waals surface area contributed by atoms with Crippen LogP contribution in [0, 0.1) is 0 Å². The first kappa shape index (κ1) is 15.8. The van der Waals surface area contributed by atoms with E-state index in [1.165, 1.54) is 4.90 Å². The number of amides is 2. The number of hydrogen-bond donors (Lipinski definition) is 2. The number of urea groups is 1. The molecule has 0 saturated carbocycles. The maximum atomic E-state index is 11.8. The maximum Gasteiger partial charge on any atom is 0.323 e. The second kappa shape index (κ2) is 8.04. The molecule has 6 nitrogen and oxygen atoms in total. The molecule has 0 aliphatic carbocycles. The molecule has 0 fully saturated rings. The zero-order valence-corrected chi connectivity index (χ0v) is 11.8. The van der Waals surface area contributed by atoms with E-state index in [1.807, 2.05) is 24.3 Å². The van der Waals surface area contributed by atoms with Crippen LogP contribution in [0.1, 0.15) is 12.5 Å². The Morgan fingerprint density at radius 3 is 2.65 bits per heavy atom. The molecule has 0 atom stereocenters. The fourth-order valence-corrected chi connectivity index (χ4v) is 1.82. The number of hydrogen-bond acceptors (Lipinski definition) is 3. The van der Waals surface area contributed by atoms with Crippen molar-refractivity contribution in [3.05, 3.63) is 29.8 Å². The van der Waals surface area contributed by atoms with Gasteiger partial charge < -0.3 is 20.1 Å². The zero-order valence-electron chi connectivity index (χ0n) is 11.8. The summed E-state index contributed by atoms with van der Waals surface area (Å²) >= 11 is 0. The highest BCUT2D eigenvalue weighted by atomic mass is 16.5. The smallest absolute Gasteiger partial charge is 0.323 e. The number of carbonyl (C=O) groups is 2. The number of carbonyl (C=O) groups excluding carboxylic acids is 1. The Bertz CT molecular complexity index is 462. The first-order valence-electron chi connectivity index (χ1n) is 6.45. The SMILES string of the molecule is CCN(CC(=O)O)C(=O)NCCc1ccccc1OC. The molecule has 6 heteroatoms. The van der Waals surface area contributed by atoms with E-state index in [1.54, 1.807) is 14.0 Å². The molecule has 1 aromatic rings. The molecule has 0 unspecified atom stereocenters. The Morgan fingerprint density at radius 1 is 1.35 bits per heavy atom. The second-order valence-corrected chi connectivity index (χ2v) is 4.20. The van der Waals surface area contributed by atoms with Crippen LogP contribution < -0.4 is 10.1 Å². The molecule has 0 bridgehead atoms. The van der Waals surface area contributed by atoms with Crippen molar-refractivity contribution in [2.75, 3.05) is 26.7 Å². The summed E-state index contributed by atoms with van der Waals surface area (Å²) in [5, 5.41) is 11.4. The van der Waals surface area contributed by atoms with Gasteiger partial charge in [0.15, 0.2) is 0 Å². The van der Waals surface area contributed by atoms with Gasteiger partial charge in [-0.25, -0.2) is 4.79 Å². The number of aliphatic carboxylic acids is 1. The lowest BCUT2D eigenvalue weighted by Crippen LogP contribution is -2.43. The van der Waals surface area contributed by atoms with Crippen molar-refractivity contribution < 1.29 is 19.4 Å². The van der Waals surface area contributed by atoms with Gasteiger partial charge in [-0.3, -0.25) is 4.79 Å². The molecule has 0 heterocycles. The Labute approximate surface area is 118 Å². The van der Waals surface area contributed by atoms with Gasteiger partial charge in [0.05, 0.1) is 7.11 Å². The number of carboxylic acid groups (broad SMARTS) is 1. The average molecular weight is 280 g/mol. The number of para-hydroxylation sites is 1. The van der Waals surface area contributed by atoms with Crippen LogP contribution in [0.15, 0.2) is 24.3 Å². The van der Waals surface area contributed by atoms with Crippen molar-refractivity contribution in [2.45, 2.75) is 13.3 Å². The van der Waals surface area contributed by atoms with Gasteiger partial charge in [-0.1, -0.05) is 18.2 Å². The Kier molecular flexibility index (Phi) is 6.36. The lowest BCUT2D eigenvalue weighted by molar-refractivity contribution is -0.137. The van der Waals surface area contributed by atoms with Gasteiger partial charge in [0.1, 0.15) is 12.3 Å². The Balaban J connectivity index is 2.47. The molecule has 0 spiro atoms. The van der Waals surface area contributed by atoms with E-state index in [0.29, 0.717) is 19.5 Å². The third kappa shape index (κ3) is 4.79. The minimum atomic E-state index is -1.02. The molecule has 20 heavy (non-hydrogen) atoms. The summed E-state index contributed by atoms with van der Waals surface area (Å²) in [6.07, 6.45) is 0.625. The average Bonchev–Trinajstić information content (AvgIpc) is 2.44. The summed E-state index contributed by atoms with van der Waals surface area (Å²) < 4.78 is 5.22. The molecule has 0 radical (unpaired) electrons. The number of carboxylic acids is 1. The topological polar surface area (TPSA) is 78.9 Å². The molecule has 2 N–H and O–H groups in total. The number of methoxy groups -OCH3 is 1. The van der Waals surface area contributed by atoms with Crippen LogP contribution in [0.3, 0.4) is 0 Å². The van der Waals surface area contributed by atoms with Crippen molar-refractivity contribution in [3.63, 3.8) is 0 Å². The highest BCUT2D eigenvalue weighted by molar-refractivity contribution is 5.80. The largest absolute Gasteiger partial charge is 0.496 e. The van der Waals surface area contributed by atoms with Crippen molar-refractivity contribution in [3.8, 4) is 5.75 Å². The van der Waals surface area contributed by atoms with E-state index in [-0.39, 0.29) is 12.6 Å². The summed E-state index contributed by atoms with van der Waals surface area (Å²) in [5.74, 6) is -0.244. The number of benzene rings is 1. The number of likely N-dealkylation sites (N-methyl/N-ethyl adjacent to an activating group) is 1. The molecule has 0 saturated heterocycles. The normalized spacial score (nSPS) is 9.90. The maximum absolute atomic E-state index is 11.8. The monoisotopic (exact) mass is 280 g/mol. The molecule has 0 aliphatic heterocycles. The van der Waals surface area contributed by atoms with E-state index in [9.17, 15) is 9.59 Å². The summed E-state index contributed by atoms with van der Waals surface area (Å²) in [5.41, 5.74) is 0.997. The Morgan fingerprint density at radius 2 is 2.05 bits per heavy atom. The van der Waals surface area contributed by atoms with Crippen molar-refractivity contribution >= 4 is 12.0 Å². The highest BCUT2D eigenvalue weighted by Gasteiger charge is 2.14. The number of ether oxygens (including phenoxy) is 1. The lowest BCUT2D eigenvalue weighted by atomic mass is 10.1. The van der Waals surface area contributed by atoms with E-state index in [4.69, 9.17) is 9.84 Å². The molecule has 2 amide bonds. The number of nitrogens with one attached hydrogen (secondary N) is 1. The van der Waals surface area contributed by atoms with Crippen LogP contribution in [-0.4, -0.2) is 48.8 Å². The van der Waals surface area contributed by atoms with Gasteiger partial charge in [0.25, 0.3) is 0 Å². The van der Waals surface area contributed by atoms with Crippen LogP contribution in [0.2, 0.25) is 0 Å². The van der Waals surface area contributed by atoms with Gasteiger partial charge in [-0.15, -0.1) is 0 Å². The molecule has 0 aromatic heterocycles. The van der Waals surface area contributed by atoms with Crippen LogP contribution in [0.25, 0.3) is 0 Å². The van der Waals surface area contributed by atoms with Gasteiger partial charge in [0.2, 0.25) is 0 Å². The minimum Gasteiger partial charge on any atom is -0.496 e. The predicted octanol–water partition coefficient (Wildman–Crippen LogP) is 1.35. The van der Waals surface area contributed by atoms with E-state index < -0.39 is 5.97 Å². The van der Waals surface area contributed by atoms with Crippen LogP contribution in [-0.2, 0) is 11.2 Å². The van der Waals surface area contributed by atoms with Gasteiger partial charge in [0, 0.05) is 13.1 Å². The molecule has 0 aliphatic rings. The fraction of sp³-hybridized carbons (Fsp3) is 0.429. The van der Waals surface area contributed by atoms with Gasteiger partial charge in [-0.2, -0.15) is 0 Å². The van der Waals surface area contributed by atoms with Crippen molar-refractivity contribution in [2.24, 2.45) is 0 Å². The first-order valence-corrected chi connectivity index (χ1v) is 6.45. The molecule has 1 aromatic carbocycles.